The fraction of sp³-hybridized carbons (Fsp3) is 0.500. The first kappa shape index (κ1) is 13.7. The van der Waals surface area contributed by atoms with Crippen LogP contribution < -0.4 is 11.1 Å². The second-order valence-electron chi connectivity index (χ2n) is 4.60. The number of aryl methyl sites for hydroxylation is 2. The summed E-state index contributed by atoms with van der Waals surface area (Å²) in [6.07, 6.45) is 2.17. The molecule has 1 aromatic rings. The number of rotatable bonds is 6. The maximum atomic E-state index is 11.5. The molecule has 0 bridgehead atoms. The lowest BCUT2D eigenvalue weighted by atomic mass is 10.1. The second-order valence-corrected chi connectivity index (χ2v) is 4.60. The number of carbonyl (C=O) groups is 1. The Morgan fingerprint density at radius 1 is 1.47 bits per heavy atom. The summed E-state index contributed by atoms with van der Waals surface area (Å²) in [7, 11) is 0. The van der Waals surface area contributed by atoms with Crippen LogP contribution in [-0.4, -0.2) is 18.5 Å². The van der Waals surface area contributed by atoms with Crippen LogP contribution in [0.2, 0.25) is 0 Å². The van der Waals surface area contributed by atoms with Crippen molar-refractivity contribution in [2.24, 2.45) is 5.73 Å². The summed E-state index contributed by atoms with van der Waals surface area (Å²) in [4.78, 5) is 11.5. The van der Waals surface area contributed by atoms with Crippen molar-refractivity contribution >= 4 is 5.91 Å². The summed E-state index contributed by atoms with van der Waals surface area (Å²) >= 11 is 0. The molecule has 0 aliphatic rings. The van der Waals surface area contributed by atoms with Crippen molar-refractivity contribution < 1.29 is 4.79 Å². The van der Waals surface area contributed by atoms with Crippen molar-refractivity contribution in [3.05, 3.63) is 35.4 Å². The topological polar surface area (TPSA) is 55.1 Å². The zero-order valence-electron chi connectivity index (χ0n) is 10.7. The highest BCUT2D eigenvalue weighted by atomic mass is 16.1. The lowest BCUT2D eigenvalue weighted by Crippen LogP contribution is -2.29. The van der Waals surface area contributed by atoms with E-state index in [1.54, 1.807) is 0 Å². The van der Waals surface area contributed by atoms with Gasteiger partial charge >= 0.3 is 0 Å². The molecule has 3 heteroatoms. The Kier molecular flexibility index (Phi) is 5.70. The Balaban J connectivity index is 2.24. The second kappa shape index (κ2) is 7.07. The molecule has 3 nitrogen and oxygen atoms in total. The Labute approximate surface area is 103 Å². The Hall–Kier alpha value is -1.35. The van der Waals surface area contributed by atoms with Gasteiger partial charge in [-0.1, -0.05) is 29.8 Å². The molecule has 3 N–H and O–H groups in total. The molecule has 1 rings (SSSR count). The summed E-state index contributed by atoms with van der Waals surface area (Å²) < 4.78 is 0. The van der Waals surface area contributed by atoms with Gasteiger partial charge in [0.2, 0.25) is 5.91 Å². The van der Waals surface area contributed by atoms with Crippen LogP contribution in [-0.2, 0) is 11.2 Å². The zero-order valence-corrected chi connectivity index (χ0v) is 10.7. The van der Waals surface area contributed by atoms with Crippen LogP contribution in [0.1, 0.15) is 30.9 Å². The first-order valence-corrected chi connectivity index (χ1v) is 6.16. The Morgan fingerprint density at radius 2 is 2.24 bits per heavy atom. The van der Waals surface area contributed by atoms with Crippen molar-refractivity contribution in [1.82, 2.24) is 5.32 Å². The largest absolute Gasteiger partial charge is 0.356 e. The van der Waals surface area contributed by atoms with Gasteiger partial charge < -0.3 is 11.1 Å². The Bertz CT molecular complexity index is 361. The van der Waals surface area contributed by atoms with E-state index in [1.807, 2.05) is 13.0 Å². The first-order valence-electron chi connectivity index (χ1n) is 6.16. The van der Waals surface area contributed by atoms with Gasteiger partial charge in [0.15, 0.2) is 0 Å². The fourth-order valence-electron chi connectivity index (χ4n) is 1.65. The van der Waals surface area contributed by atoms with E-state index in [1.165, 1.54) is 11.1 Å². The first-order chi connectivity index (χ1) is 8.08. The van der Waals surface area contributed by atoms with Gasteiger partial charge in [0.05, 0.1) is 0 Å². The molecule has 94 valence electrons. The molecule has 0 saturated heterocycles. The molecule has 1 amide bonds. The van der Waals surface area contributed by atoms with Crippen molar-refractivity contribution in [2.75, 3.05) is 6.54 Å². The average Bonchev–Trinajstić information content (AvgIpc) is 2.26. The molecule has 0 spiro atoms. The highest BCUT2D eigenvalue weighted by Crippen LogP contribution is 2.06. The molecule has 1 aromatic carbocycles. The molecule has 0 aliphatic heterocycles. The highest BCUT2D eigenvalue weighted by molar-refractivity contribution is 5.76. The van der Waals surface area contributed by atoms with Gasteiger partial charge in [0, 0.05) is 19.0 Å². The molecule has 1 atom stereocenters. The van der Waals surface area contributed by atoms with Gasteiger partial charge in [-0.2, -0.15) is 0 Å². The van der Waals surface area contributed by atoms with Crippen molar-refractivity contribution in [1.29, 1.82) is 0 Å². The normalized spacial score (nSPS) is 12.2. The SMILES string of the molecule is Cc1cccc(CCC(=O)NCCC(C)N)c1. The van der Waals surface area contributed by atoms with Crippen LogP contribution in [0.5, 0.6) is 0 Å². The number of hydrogen-bond acceptors (Lipinski definition) is 2. The van der Waals surface area contributed by atoms with E-state index < -0.39 is 0 Å². The van der Waals surface area contributed by atoms with Gasteiger partial charge in [-0.25, -0.2) is 0 Å². The molecule has 0 heterocycles. The molecule has 0 saturated carbocycles. The summed E-state index contributed by atoms with van der Waals surface area (Å²) in [6, 6.07) is 8.41. The smallest absolute Gasteiger partial charge is 0.220 e. The Morgan fingerprint density at radius 3 is 2.88 bits per heavy atom. The third-order valence-corrected chi connectivity index (χ3v) is 2.65. The number of carbonyl (C=O) groups excluding carboxylic acids is 1. The monoisotopic (exact) mass is 234 g/mol. The van der Waals surface area contributed by atoms with Gasteiger partial charge in [0.1, 0.15) is 0 Å². The van der Waals surface area contributed by atoms with Crippen LogP contribution >= 0.6 is 0 Å². The van der Waals surface area contributed by atoms with E-state index in [0.717, 1.165) is 12.8 Å². The standard InChI is InChI=1S/C14H22N2O/c1-11-4-3-5-13(10-11)6-7-14(17)16-9-8-12(2)15/h3-5,10,12H,6-9,15H2,1-2H3,(H,16,17). The van der Waals surface area contributed by atoms with Crippen LogP contribution in [0, 0.1) is 6.92 Å². The maximum absolute atomic E-state index is 11.5. The molecule has 0 aromatic heterocycles. The average molecular weight is 234 g/mol. The molecule has 0 radical (unpaired) electrons. The van der Waals surface area contributed by atoms with Crippen LogP contribution in [0.25, 0.3) is 0 Å². The molecule has 17 heavy (non-hydrogen) atoms. The van der Waals surface area contributed by atoms with Crippen molar-refractivity contribution in [3.8, 4) is 0 Å². The minimum Gasteiger partial charge on any atom is -0.356 e. The van der Waals surface area contributed by atoms with Crippen LogP contribution in [0.3, 0.4) is 0 Å². The summed E-state index contributed by atoms with van der Waals surface area (Å²) in [6.45, 7) is 4.68. The van der Waals surface area contributed by atoms with E-state index in [0.29, 0.717) is 13.0 Å². The quantitative estimate of drug-likeness (QED) is 0.788. The zero-order chi connectivity index (χ0) is 12.7. The lowest BCUT2D eigenvalue weighted by molar-refractivity contribution is -0.121. The molecule has 0 fully saturated rings. The van der Waals surface area contributed by atoms with Gasteiger partial charge in [-0.3, -0.25) is 4.79 Å². The minimum atomic E-state index is 0.104. The van der Waals surface area contributed by atoms with E-state index in [-0.39, 0.29) is 11.9 Å². The van der Waals surface area contributed by atoms with Gasteiger partial charge in [-0.15, -0.1) is 0 Å². The molecule has 0 aliphatic carbocycles. The number of benzene rings is 1. The third kappa shape index (κ3) is 6.07. The van der Waals surface area contributed by atoms with E-state index in [2.05, 4.69) is 30.4 Å². The highest BCUT2D eigenvalue weighted by Gasteiger charge is 2.02. The maximum Gasteiger partial charge on any atom is 0.220 e. The predicted octanol–water partition coefficient (Wildman–Crippen LogP) is 1.78. The van der Waals surface area contributed by atoms with Crippen molar-refractivity contribution in [2.45, 2.75) is 39.2 Å². The summed E-state index contributed by atoms with van der Waals surface area (Å²) in [5, 5.41) is 2.88. The lowest BCUT2D eigenvalue weighted by Gasteiger charge is -2.07. The number of amides is 1. The van der Waals surface area contributed by atoms with E-state index in [4.69, 9.17) is 5.73 Å². The van der Waals surface area contributed by atoms with E-state index >= 15 is 0 Å². The molecular weight excluding hydrogens is 212 g/mol. The van der Waals surface area contributed by atoms with Gasteiger partial charge in [0.25, 0.3) is 0 Å². The number of nitrogens with two attached hydrogens (primary N) is 1. The summed E-state index contributed by atoms with van der Waals surface area (Å²) in [5.41, 5.74) is 8.06. The molecule has 1 unspecified atom stereocenters. The van der Waals surface area contributed by atoms with Gasteiger partial charge in [-0.05, 0) is 32.3 Å². The summed E-state index contributed by atoms with van der Waals surface area (Å²) in [5.74, 6) is 0.104. The van der Waals surface area contributed by atoms with Crippen LogP contribution in [0.15, 0.2) is 24.3 Å². The van der Waals surface area contributed by atoms with Crippen LogP contribution in [0.4, 0.5) is 0 Å². The number of nitrogens with one attached hydrogen (secondary N) is 1. The predicted molar refractivity (Wildman–Crippen MR) is 70.8 cm³/mol. The number of hydrogen-bond donors (Lipinski definition) is 2. The van der Waals surface area contributed by atoms with Crippen molar-refractivity contribution in [3.63, 3.8) is 0 Å². The minimum absolute atomic E-state index is 0.104. The molecular formula is C14H22N2O. The third-order valence-electron chi connectivity index (χ3n) is 2.65. The van der Waals surface area contributed by atoms with E-state index in [9.17, 15) is 4.79 Å². The fourth-order valence-corrected chi connectivity index (χ4v) is 1.65.